The van der Waals surface area contributed by atoms with Gasteiger partial charge in [0.25, 0.3) is 0 Å². The van der Waals surface area contributed by atoms with Crippen molar-refractivity contribution in [3.05, 3.63) is 0 Å². The zero-order valence-corrected chi connectivity index (χ0v) is 7.98. The summed E-state index contributed by atoms with van der Waals surface area (Å²) < 4.78 is 13.9. The maximum Gasteiger partial charge on any atom is 0.332 e. The number of hydrogen-bond donors (Lipinski definition) is 2. The monoisotopic (exact) mass is 208 g/mol. The first-order valence-electron chi connectivity index (χ1n) is 4.34. The standard InChI is InChI=1S/C4H6O3.C4H10O3/c5-4-3-6-1-2-7-4;5-1-3-7-4-2-6/h1-3H2;5-6H,1-4H2. The molecule has 0 radical (unpaired) electrons. The summed E-state index contributed by atoms with van der Waals surface area (Å²) in [5.74, 6) is -0.258. The summed E-state index contributed by atoms with van der Waals surface area (Å²) in [6.45, 7) is 1.78. The second-order valence-corrected chi connectivity index (χ2v) is 2.33. The number of esters is 1. The molecule has 0 atom stereocenters. The van der Waals surface area contributed by atoms with Gasteiger partial charge in [-0.2, -0.15) is 0 Å². The van der Waals surface area contributed by atoms with Gasteiger partial charge < -0.3 is 24.4 Å². The minimum Gasteiger partial charge on any atom is -0.462 e. The minimum atomic E-state index is -0.258. The van der Waals surface area contributed by atoms with Gasteiger partial charge in [-0.3, -0.25) is 0 Å². The molecule has 1 fully saturated rings. The number of rotatable bonds is 4. The van der Waals surface area contributed by atoms with Crippen LogP contribution in [0.5, 0.6) is 0 Å². The van der Waals surface area contributed by atoms with Crippen LogP contribution < -0.4 is 0 Å². The molecule has 1 heterocycles. The number of carbonyl (C=O) groups excluding carboxylic acids is 1. The molecule has 14 heavy (non-hydrogen) atoms. The Morgan fingerprint density at radius 2 is 1.86 bits per heavy atom. The number of carbonyl (C=O) groups is 1. The Morgan fingerprint density at radius 1 is 1.21 bits per heavy atom. The molecule has 0 aliphatic carbocycles. The lowest BCUT2D eigenvalue weighted by atomic mass is 10.6. The molecule has 1 rings (SSSR count). The van der Waals surface area contributed by atoms with Crippen LogP contribution in [-0.4, -0.2) is 62.4 Å². The van der Waals surface area contributed by atoms with Crippen molar-refractivity contribution in [3.8, 4) is 0 Å². The molecule has 0 saturated carbocycles. The van der Waals surface area contributed by atoms with E-state index < -0.39 is 0 Å². The van der Waals surface area contributed by atoms with Crippen LogP contribution in [0.15, 0.2) is 0 Å². The fourth-order valence-corrected chi connectivity index (χ4v) is 0.643. The van der Waals surface area contributed by atoms with Crippen molar-refractivity contribution in [1.29, 1.82) is 0 Å². The Labute approximate surface area is 82.4 Å². The summed E-state index contributed by atoms with van der Waals surface area (Å²) in [6, 6.07) is 0. The zero-order valence-electron chi connectivity index (χ0n) is 7.98. The maximum atomic E-state index is 10.1. The first-order chi connectivity index (χ1) is 6.81. The molecule has 6 heteroatoms. The Morgan fingerprint density at radius 3 is 2.14 bits per heavy atom. The average molecular weight is 208 g/mol. The van der Waals surface area contributed by atoms with E-state index in [-0.39, 0.29) is 25.8 Å². The van der Waals surface area contributed by atoms with Gasteiger partial charge in [0.1, 0.15) is 13.2 Å². The predicted molar refractivity (Wildman–Crippen MR) is 46.8 cm³/mol. The lowest BCUT2D eigenvalue weighted by molar-refractivity contribution is -0.159. The van der Waals surface area contributed by atoms with Gasteiger partial charge in [0, 0.05) is 0 Å². The van der Waals surface area contributed by atoms with Gasteiger partial charge in [0.15, 0.2) is 0 Å². The van der Waals surface area contributed by atoms with E-state index >= 15 is 0 Å². The number of hydrogen-bond acceptors (Lipinski definition) is 6. The lowest BCUT2D eigenvalue weighted by Gasteiger charge is -2.09. The predicted octanol–water partition coefficient (Wildman–Crippen LogP) is -1.45. The van der Waals surface area contributed by atoms with Crippen LogP contribution in [-0.2, 0) is 19.0 Å². The fraction of sp³-hybridized carbons (Fsp3) is 0.875. The van der Waals surface area contributed by atoms with Crippen molar-refractivity contribution in [2.75, 3.05) is 46.2 Å². The third-order valence-corrected chi connectivity index (χ3v) is 1.18. The van der Waals surface area contributed by atoms with Crippen LogP contribution in [0, 0.1) is 0 Å². The molecular weight excluding hydrogens is 192 g/mol. The van der Waals surface area contributed by atoms with Gasteiger partial charge >= 0.3 is 5.97 Å². The van der Waals surface area contributed by atoms with Crippen molar-refractivity contribution in [1.82, 2.24) is 0 Å². The smallest absolute Gasteiger partial charge is 0.332 e. The van der Waals surface area contributed by atoms with Gasteiger partial charge in [0.05, 0.1) is 33.0 Å². The lowest BCUT2D eigenvalue weighted by Crippen LogP contribution is -2.22. The maximum absolute atomic E-state index is 10.1. The molecule has 0 unspecified atom stereocenters. The Balaban J connectivity index is 0.000000241. The van der Waals surface area contributed by atoms with Crippen molar-refractivity contribution >= 4 is 5.97 Å². The highest BCUT2D eigenvalue weighted by atomic mass is 16.6. The summed E-state index contributed by atoms with van der Waals surface area (Å²) in [6.07, 6.45) is 0. The molecule has 0 aromatic rings. The average Bonchev–Trinajstić information content (AvgIpc) is 2.21. The molecule has 6 nitrogen and oxygen atoms in total. The van der Waals surface area contributed by atoms with Gasteiger partial charge in [-0.1, -0.05) is 0 Å². The molecule has 0 aromatic carbocycles. The van der Waals surface area contributed by atoms with Gasteiger partial charge in [0.2, 0.25) is 0 Å². The molecular formula is C8H16O6. The normalized spacial score (nSPS) is 15.4. The van der Waals surface area contributed by atoms with E-state index in [2.05, 4.69) is 9.47 Å². The summed E-state index contributed by atoms with van der Waals surface area (Å²) in [4.78, 5) is 10.1. The van der Waals surface area contributed by atoms with Crippen LogP contribution in [0.2, 0.25) is 0 Å². The van der Waals surface area contributed by atoms with Crippen molar-refractivity contribution in [2.45, 2.75) is 0 Å². The minimum absolute atomic E-state index is 0.0278. The first kappa shape index (κ1) is 13.3. The van der Waals surface area contributed by atoms with E-state index in [0.29, 0.717) is 26.4 Å². The highest BCUT2D eigenvalue weighted by molar-refractivity contribution is 5.71. The van der Waals surface area contributed by atoms with Crippen LogP contribution in [0.3, 0.4) is 0 Å². The SMILES string of the molecule is O=C1COCCO1.OCCOCCO. The molecule has 0 aromatic heterocycles. The van der Waals surface area contributed by atoms with E-state index in [0.717, 1.165) is 0 Å². The van der Waals surface area contributed by atoms with Crippen molar-refractivity contribution < 1.29 is 29.2 Å². The molecule has 2 N–H and O–H groups in total. The molecule has 1 aliphatic rings. The number of aliphatic hydroxyl groups is 2. The zero-order chi connectivity index (χ0) is 10.6. The topological polar surface area (TPSA) is 85.2 Å². The highest BCUT2D eigenvalue weighted by Gasteiger charge is 2.06. The van der Waals surface area contributed by atoms with Crippen LogP contribution in [0.4, 0.5) is 0 Å². The summed E-state index contributed by atoms with van der Waals surface area (Å²) >= 11 is 0. The third-order valence-electron chi connectivity index (χ3n) is 1.18. The Kier molecular flexibility index (Phi) is 9.88. The first-order valence-corrected chi connectivity index (χ1v) is 4.34. The molecule has 1 saturated heterocycles. The van der Waals surface area contributed by atoms with E-state index in [9.17, 15) is 4.79 Å². The largest absolute Gasteiger partial charge is 0.462 e. The number of ether oxygens (including phenoxy) is 3. The van der Waals surface area contributed by atoms with E-state index in [1.165, 1.54) is 0 Å². The molecule has 0 amide bonds. The summed E-state index contributed by atoms with van der Waals surface area (Å²) in [7, 11) is 0. The van der Waals surface area contributed by atoms with Crippen molar-refractivity contribution in [3.63, 3.8) is 0 Å². The Hall–Kier alpha value is -0.690. The highest BCUT2D eigenvalue weighted by Crippen LogP contribution is 1.88. The summed E-state index contributed by atoms with van der Waals surface area (Å²) in [5.41, 5.74) is 0. The second-order valence-electron chi connectivity index (χ2n) is 2.33. The van der Waals surface area contributed by atoms with Crippen LogP contribution in [0.1, 0.15) is 0 Å². The fourth-order valence-electron chi connectivity index (χ4n) is 0.643. The van der Waals surface area contributed by atoms with Crippen LogP contribution in [0.25, 0.3) is 0 Å². The quantitative estimate of drug-likeness (QED) is 0.434. The number of aliphatic hydroxyl groups excluding tert-OH is 2. The van der Waals surface area contributed by atoms with Gasteiger partial charge in [-0.05, 0) is 0 Å². The van der Waals surface area contributed by atoms with Gasteiger partial charge in [-0.15, -0.1) is 0 Å². The van der Waals surface area contributed by atoms with Crippen molar-refractivity contribution in [2.24, 2.45) is 0 Å². The van der Waals surface area contributed by atoms with Crippen LogP contribution >= 0.6 is 0 Å². The third kappa shape index (κ3) is 9.40. The molecule has 0 bridgehead atoms. The van der Waals surface area contributed by atoms with E-state index in [1.54, 1.807) is 0 Å². The Bertz CT molecular complexity index is 126. The molecule has 1 aliphatic heterocycles. The van der Waals surface area contributed by atoms with E-state index in [1.807, 2.05) is 0 Å². The van der Waals surface area contributed by atoms with Gasteiger partial charge in [-0.25, -0.2) is 4.79 Å². The van der Waals surface area contributed by atoms with E-state index in [4.69, 9.17) is 14.9 Å². The molecule has 84 valence electrons. The summed E-state index contributed by atoms with van der Waals surface area (Å²) in [5, 5.41) is 16.2. The molecule has 0 spiro atoms. The number of cyclic esters (lactones) is 1. The second kappa shape index (κ2) is 10.4.